The van der Waals surface area contributed by atoms with E-state index in [1.165, 1.54) is 6.08 Å². The van der Waals surface area contributed by atoms with Crippen molar-refractivity contribution in [2.45, 2.75) is 46.2 Å². The van der Waals surface area contributed by atoms with Gasteiger partial charge in [-0.3, -0.25) is 14.3 Å². The van der Waals surface area contributed by atoms with Crippen LogP contribution >= 0.6 is 11.6 Å². The molecule has 1 saturated carbocycles. The summed E-state index contributed by atoms with van der Waals surface area (Å²) in [5, 5.41) is 10.7. The normalized spacial score (nSPS) is 13.9. The predicted molar refractivity (Wildman–Crippen MR) is 111 cm³/mol. The second kappa shape index (κ2) is 8.61. The SMILES string of the molecule is Cc1nn(CC(C)C)c(Cl)c1/C=C/C(=O)Nc1cccc(C(=O)NC2CC2)c1. The smallest absolute Gasteiger partial charge is 0.251 e. The molecule has 1 heterocycles. The van der Waals surface area contributed by atoms with E-state index in [0.29, 0.717) is 28.4 Å². The molecule has 0 bridgehead atoms. The molecule has 7 heteroatoms. The van der Waals surface area contributed by atoms with Gasteiger partial charge in [0.25, 0.3) is 5.91 Å². The average molecular weight is 401 g/mol. The zero-order chi connectivity index (χ0) is 20.3. The maximum absolute atomic E-state index is 12.3. The fraction of sp³-hybridized carbons (Fsp3) is 0.381. The first kappa shape index (κ1) is 20.1. The standard InChI is InChI=1S/C21H25ClN4O2/c1-13(2)12-26-20(22)18(14(3)25-26)9-10-19(27)23-17-6-4-5-15(11-17)21(28)24-16-7-8-16/h4-6,9-11,13,16H,7-8,12H2,1-3H3,(H,23,27)(H,24,28)/b10-9+. The fourth-order valence-electron chi connectivity index (χ4n) is 2.80. The van der Waals surface area contributed by atoms with Gasteiger partial charge in [-0.15, -0.1) is 0 Å². The highest BCUT2D eigenvalue weighted by Crippen LogP contribution is 2.23. The van der Waals surface area contributed by atoms with E-state index in [2.05, 4.69) is 29.6 Å². The lowest BCUT2D eigenvalue weighted by molar-refractivity contribution is -0.111. The summed E-state index contributed by atoms with van der Waals surface area (Å²) in [4.78, 5) is 24.4. The molecule has 3 rings (SSSR count). The topological polar surface area (TPSA) is 76.0 Å². The Morgan fingerprint density at radius 3 is 2.79 bits per heavy atom. The summed E-state index contributed by atoms with van der Waals surface area (Å²) in [6, 6.07) is 7.19. The van der Waals surface area contributed by atoms with Crippen molar-refractivity contribution in [1.29, 1.82) is 0 Å². The molecular formula is C21H25ClN4O2. The van der Waals surface area contributed by atoms with Gasteiger partial charge in [0.05, 0.1) is 5.69 Å². The van der Waals surface area contributed by atoms with E-state index in [1.807, 2.05) is 6.92 Å². The first-order valence-corrected chi connectivity index (χ1v) is 9.84. The number of aryl methyl sites for hydroxylation is 1. The van der Waals surface area contributed by atoms with E-state index in [0.717, 1.165) is 30.6 Å². The Bertz CT molecular complexity index is 913. The number of carbonyl (C=O) groups is 2. The number of carbonyl (C=O) groups excluding carboxylic acids is 2. The molecule has 0 atom stereocenters. The Balaban J connectivity index is 1.65. The van der Waals surface area contributed by atoms with Crippen LogP contribution in [0.2, 0.25) is 5.15 Å². The number of halogens is 1. The molecule has 1 aliphatic rings. The summed E-state index contributed by atoms with van der Waals surface area (Å²) < 4.78 is 1.75. The molecule has 0 spiro atoms. The van der Waals surface area contributed by atoms with E-state index in [1.54, 1.807) is 35.0 Å². The summed E-state index contributed by atoms with van der Waals surface area (Å²) in [7, 11) is 0. The van der Waals surface area contributed by atoms with Crippen molar-refractivity contribution in [3.63, 3.8) is 0 Å². The summed E-state index contributed by atoms with van der Waals surface area (Å²) in [5.41, 5.74) is 2.60. The fourth-order valence-corrected chi connectivity index (χ4v) is 3.11. The molecule has 0 saturated heterocycles. The van der Waals surface area contributed by atoms with E-state index >= 15 is 0 Å². The third-order valence-electron chi connectivity index (χ3n) is 4.35. The molecule has 148 valence electrons. The summed E-state index contributed by atoms with van der Waals surface area (Å²) >= 11 is 6.39. The van der Waals surface area contributed by atoms with E-state index in [9.17, 15) is 9.59 Å². The Morgan fingerprint density at radius 1 is 1.36 bits per heavy atom. The lowest BCUT2D eigenvalue weighted by Gasteiger charge is -2.06. The average Bonchev–Trinajstić information content (AvgIpc) is 3.40. The molecule has 0 radical (unpaired) electrons. The van der Waals surface area contributed by atoms with Gasteiger partial charge in [-0.1, -0.05) is 31.5 Å². The maximum Gasteiger partial charge on any atom is 0.251 e. The number of nitrogens with one attached hydrogen (secondary N) is 2. The highest BCUT2D eigenvalue weighted by atomic mass is 35.5. The second-order valence-corrected chi connectivity index (χ2v) is 7.87. The summed E-state index contributed by atoms with van der Waals surface area (Å²) in [6.07, 6.45) is 5.15. The van der Waals surface area contributed by atoms with Crippen molar-refractivity contribution < 1.29 is 9.59 Å². The third kappa shape index (κ3) is 5.23. The molecule has 0 aliphatic heterocycles. The summed E-state index contributed by atoms with van der Waals surface area (Å²) in [6.45, 7) is 6.77. The molecule has 0 unspecified atom stereocenters. The molecule has 2 amide bonds. The number of anilines is 1. The first-order valence-electron chi connectivity index (χ1n) is 9.46. The van der Waals surface area contributed by atoms with Crippen LogP contribution in [0, 0.1) is 12.8 Å². The van der Waals surface area contributed by atoms with Crippen LogP contribution in [0.25, 0.3) is 6.08 Å². The van der Waals surface area contributed by atoms with Gasteiger partial charge in [-0.2, -0.15) is 5.10 Å². The van der Waals surface area contributed by atoms with Crippen molar-refractivity contribution in [3.8, 4) is 0 Å². The van der Waals surface area contributed by atoms with Crippen LogP contribution in [0.1, 0.15) is 48.3 Å². The minimum absolute atomic E-state index is 0.117. The molecule has 6 nitrogen and oxygen atoms in total. The Hall–Kier alpha value is -2.60. The van der Waals surface area contributed by atoms with Crippen molar-refractivity contribution in [2.75, 3.05) is 5.32 Å². The van der Waals surface area contributed by atoms with E-state index < -0.39 is 0 Å². The Morgan fingerprint density at radius 2 is 2.11 bits per heavy atom. The molecule has 1 aromatic heterocycles. The molecule has 2 N–H and O–H groups in total. The number of aromatic nitrogens is 2. The van der Waals surface area contributed by atoms with Gasteiger partial charge < -0.3 is 10.6 Å². The Labute approximate surface area is 170 Å². The van der Waals surface area contributed by atoms with Crippen molar-refractivity contribution in [1.82, 2.24) is 15.1 Å². The van der Waals surface area contributed by atoms with Crippen LogP contribution in [0.5, 0.6) is 0 Å². The highest BCUT2D eigenvalue weighted by Gasteiger charge is 2.23. The maximum atomic E-state index is 12.3. The molecule has 1 aliphatic carbocycles. The molecule has 1 aromatic carbocycles. The van der Waals surface area contributed by atoms with Gasteiger partial charge in [-0.25, -0.2) is 0 Å². The van der Waals surface area contributed by atoms with Crippen LogP contribution in [0.15, 0.2) is 30.3 Å². The van der Waals surface area contributed by atoms with Crippen LogP contribution in [-0.2, 0) is 11.3 Å². The Kier molecular flexibility index (Phi) is 6.19. The lowest BCUT2D eigenvalue weighted by atomic mass is 10.2. The minimum atomic E-state index is -0.299. The van der Waals surface area contributed by atoms with Gasteiger partial charge in [0.2, 0.25) is 5.91 Å². The van der Waals surface area contributed by atoms with Crippen LogP contribution < -0.4 is 10.6 Å². The summed E-state index contributed by atoms with van der Waals surface area (Å²) in [5.74, 6) is 0.00209. The number of benzene rings is 1. The van der Waals surface area contributed by atoms with Gasteiger partial charge in [0, 0.05) is 35.5 Å². The number of amides is 2. The number of rotatable bonds is 7. The molecule has 1 fully saturated rings. The molecular weight excluding hydrogens is 376 g/mol. The van der Waals surface area contributed by atoms with Gasteiger partial charge in [-0.05, 0) is 50.0 Å². The van der Waals surface area contributed by atoms with Gasteiger partial charge in [0.1, 0.15) is 5.15 Å². The molecule has 28 heavy (non-hydrogen) atoms. The minimum Gasteiger partial charge on any atom is -0.349 e. The van der Waals surface area contributed by atoms with E-state index in [4.69, 9.17) is 11.6 Å². The van der Waals surface area contributed by atoms with Gasteiger partial charge >= 0.3 is 0 Å². The monoisotopic (exact) mass is 400 g/mol. The second-order valence-electron chi connectivity index (χ2n) is 7.52. The van der Waals surface area contributed by atoms with Crippen LogP contribution in [-0.4, -0.2) is 27.6 Å². The lowest BCUT2D eigenvalue weighted by Crippen LogP contribution is -2.25. The molecule has 2 aromatic rings. The zero-order valence-corrected chi connectivity index (χ0v) is 17.1. The third-order valence-corrected chi connectivity index (χ3v) is 4.75. The number of nitrogens with zero attached hydrogens (tertiary/aromatic N) is 2. The van der Waals surface area contributed by atoms with Crippen LogP contribution in [0.4, 0.5) is 5.69 Å². The zero-order valence-electron chi connectivity index (χ0n) is 16.3. The van der Waals surface area contributed by atoms with Crippen LogP contribution in [0.3, 0.4) is 0 Å². The number of hydrogen-bond donors (Lipinski definition) is 2. The first-order chi connectivity index (χ1) is 13.3. The number of hydrogen-bond acceptors (Lipinski definition) is 3. The van der Waals surface area contributed by atoms with Crippen molar-refractivity contribution in [3.05, 3.63) is 52.3 Å². The van der Waals surface area contributed by atoms with Crippen molar-refractivity contribution >= 4 is 35.2 Å². The highest BCUT2D eigenvalue weighted by molar-refractivity contribution is 6.31. The quantitative estimate of drug-likeness (QED) is 0.688. The van der Waals surface area contributed by atoms with E-state index in [-0.39, 0.29) is 11.8 Å². The van der Waals surface area contributed by atoms with Gasteiger partial charge in [0.15, 0.2) is 0 Å². The largest absolute Gasteiger partial charge is 0.349 e. The van der Waals surface area contributed by atoms with Crippen molar-refractivity contribution in [2.24, 2.45) is 5.92 Å². The predicted octanol–water partition coefficient (Wildman–Crippen LogP) is 4.05.